The van der Waals surface area contributed by atoms with Crippen LogP contribution in [0.4, 0.5) is 10.2 Å². The largest absolute Gasteiger partial charge is 0.356 e. The topological polar surface area (TPSA) is 50.3 Å². The highest BCUT2D eigenvalue weighted by Crippen LogP contribution is 2.24. The van der Waals surface area contributed by atoms with Gasteiger partial charge in [-0.15, -0.1) is 0 Å². The number of rotatable bonds is 2. The van der Waals surface area contributed by atoms with Crippen molar-refractivity contribution in [1.29, 1.82) is 0 Å². The van der Waals surface area contributed by atoms with Crippen LogP contribution >= 0.6 is 0 Å². The molecule has 6 heteroatoms. The van der Waals surface area contributed by atoms with Gasteiger partial charge in [0.2, 0.25) is 0 Å². The minimum atomic E-state index is -3.20. The van der Waals surface area contributed by atoms with Crippen molar-refractivity contribution in [2.24, 2.45) is 0 Å². The highest BCUT2D eigenvalue weighted by Gasteiger charge is 2.18. The highest BCUT2D eigenvalue weighted by atomic mass is 32.2. The van der Waals surface area contributed by atoms with Crippen molar-refractivity contribution in [2.45, 2.75) is 17.7 Å². The molecule has 3 aromatic rings. The predicted molar refractivity (Wildman–Crippen MR) is 101 cm³/mol. The molecule has 2 aromatic carbocycles. The Kier molecular flexibility index (Phi) is 4.15. The van der Waals surface area contributed by atoms with Gasteiger partial charge in [0.15, 0.2) is 9.84 Å². The maximum Gasteiger partial charge on any atom is 0.175 e. The third-order valence-corrected chi connectivity index (χ3v) is 5.98. The van der Waals surface area contributed by atoms with E-state index < -0.39 is 9.84 Å². The molecule has 0 unspecified atom stereocenters. The monoisotopic (exact) mass is 370 g/mol. The zero-order valence-electron chi connectivity index (χ0n) is 14.4. The molecule has 0 fully saturated rings. The molecule has 0 aliphatic carbocycles. The van der Waals surface area contributed by atoms with Crippen LogP contribution in [0.5, 0.6) is 0 Å². The van der Waals surface area contributed by atoms with Gasteiger partial charge in [0, 0.05) is 30.8 Å². The van der Waals surface area contributed by atoms with E-state index in [0.29, 0.717) is 10.4 Å². The molecular formula is C20H19FN2O2S. The fourth-order valence-electron chi connectivity index (χ4n) is 3.42. The summed E-state index contributed by atoms with van der Waals surface area (Å²) in [6, 6.07) is 13.9. The summed E-state index contributed by atoms with van der Waals surface area (Å²) in [5, 5.41) is 0.908. The molecule has 4 nitrogen and oxygen atoms in total. The average molecular weight is 370 g/mol. The van der Waals surface area contributed by atoms with Gasteiger partial charge in [-0.1, -0.05) is 6.07 Å². The number of hydrogen-bond acceptors (Lipinski definition) is 4. The van der Waals surface area contributed by atoms with E-state index in [4.69, 9.17) is 0 Å². The first-order valence-corrected chi connectivity index (χ1v) is 10.4. The van der Waals surface area contributed by atoms with Crippen molar-refractivity contribution in [3.63, 3.8) is 0 Å². The number of sulfone groups is 1. The number of aromatic nitrogens is 1. The molecule has 0 bridgehead atoms. The van der Waals surface area contributed by atoms with Crippen LogP contribution < -0.4 is 4.90 Å². The average Bonchev–Trinajstić information content (AvgIpc) is 2.82. The van der Waals surface area contributed by atoms with Gasteiger partial charge in [-0.25, -0.2) is 17.8 Å². The molecule has 2 heterocycles. The molecule has 0 spiro atoms. The molecular weight excluding hydrogens is 351 g/mol. The Balaban J connectivity index is 1.63. The molecule has 0 saturated carbocycles. The standard InChI is InChI=1S/C20H19FN2O2S/c1-26(24,25)18-6-3-14-8-10-23(11-9-16(14)12-18)20-7-4-15-2-5-17(21)13-19(15)22-20/h2-7,12-13H,8-11H2,1H3. The van der Waals surface area contributed by atoms with Crippen molar-refractivity contribution < 1.29 is 12.8 Å². The van der Waals surface area contributed by atoms with Gasteiger partial charge < -0.3 is 4.90 Å². The normalized spacial score (nSPS) is 14.9. The first-order chi connectivity index (χ1) is 12.4. The number of benzene rings is 2. The van der Waals surface area contributed by atoms with Crippen LogP contribution in [-0.4, -0.2) is 32.7 Å². The molecule has 134 valence electrons. The molecule has 1 aliphatic heterocycles. The molecule has 0 amide bonds. The van der Waals surface area contributed by atoms with Crippen LogP contribution in [0.15, 0.2) is 53.4 Å². The molecule has 0 radical (unpaired) electrons. The number of halogens is 1. The predicted octanol–water partition coefficient (Wildman–Crippen LogP) is 3.38. The molecule has 26 heavy (non-hydrogen) atoms. The number of pyridine rings is 1. The second-order valence-corrected chi connectivity index (χ2v) is 8.71. The Morgan fingerprint density at radius 2 is 1.69 bits per heavy atom. The molecule has 0 atom stereocenters. The Bertz CT molecular complexity index is 1100. The van der Waals surface area contributed by atoms with E-state index in [-0.39, 0.29) is 5.82 Å². The van der Waals surface area contributed by atoms with Crippen LogP contribution in [0, 0.1) is 5.82 Å². The van der Waals surface area contributed by atoms with Crippen molar-refractivity contribution in [3.05, 3.63) is 65.5 Å². The Hall–Kier alpha value is -2.47. The molecule has 0 saturated heterocycles. The van der Waals surface area contributed by atoms with Crippen LogP contribution in [0.25, 0.3) is 10.9 Å². The Labute approximate surface area is 152 Å². The summed E-state index contributed by atoms with van der Waals surface area (Å²) in [7, 11) is -3.20. The zero-order valence-corrected chi connectivity index (χ0v) is 15.3. The number of anilines is 1. The van der Waals surface area contributed by atoms with Crippen LogP contribution in [0.2, 0.25) is 0 Å². The van der Waals surface area contributed by atoms with E-state index in [1.807, 2.05) is 18.2 Å². The zero-order chi connectivity index (χ0) is 18.3. The SMILES string of the molecule is CS(=O)(=O)c1ccc2c(c1)CCN(c1ccc3ccc(F)cc3n1)CC2. The lowest BCUT2D eigenvalue weighted by Gasteiger charge is -2.21. The Morgan fingerprint density at radius 3 is 2.46 bits per heavy atom. The summed E-state index contributed by atoms with van der Waals surface area (Å²) in [5.74, 6) is 0.526. The van der Waals surface area contributed by atoms with E-state index in [9.17, 15) is 12.8 Å². The van der Waals surface area contributed by atoms with E-state index >= 15 is 0 Å². The smallest absolute Gasteiger partial charge is 0.175 e. The van der Waals surface area contributed by atoms with E-state index in [0.717, 1.165) is 42.7 Å². The first-order valence-electron chi connectivity index (χ1n) is 8.53. The lowest BCUT2D eigenvalue weighted by Crippen LogP contribution is -2.26. The summed E-state index contributed by atoms with van der Waals surface area (Å²) < 4.78 is 37.1. The van der Waals surface area contributed by atoms with Gasteiger partial charge in [-0.3, -0.25) is 0 Å². The summed E-state index contributed by atoms with van der Waals surface area (Å²) in [5.41, 5.74) is 2.89. The third kappa shape index (κ3) is 3.29. The summed E-state index contributed by atoms with van der Waals surface area (Å²) in [6.07, 6.45) is 2.81. The van der Waals surface area contributed by atoms with Gasteiger partial charge in [0.05, 0.1) is 10.4 Å². The van der Waals surface area contributed by atoms with Crippen LogP contribution in [-0.2, 0) is 22.7 Å². The lowest BCUT2D eigenvalue weighted by atomic mass is 10.0. The van der Waals surface area contributed by atoms with Crippen molar-refractivity contribution >= 4 is 26.6 Å². The summed E-state index contributed by atoms with van der Waals surface area (Å²) in [4.78, 5) is 7.15. The summed E-state index contributed by atoms with van der Waals surface area (Å²) in [6.45, 7) is 1.53. The van der Waals surface area contributed by atoms with Crippen molar-refractivity contribution in [1.82, 2.24) is 4.98 Å². The first kappa shape index (κ1) is 17.0. The van der Waals surface area contributed by atoms with Gasteiger partial charge in [0.1, 0.15) is 11.6 Å². The van der Waals surface area contributed by atoms with Crippen LogP contribution in [0.1, 0.15) is 11.1 Å². The van der Waals surface area contributed by atoms with Crippen molar-refractivity contribution in [2.75, 3.05) is 24.2 Å². The lowest BCUT2D eigenvalue weighted by molar-refractivity contribution is 0.601. The molecule has 4 rings (SSSR count). The second kappa shape index (κ2) is 6.36. The maximum atomic E-state index is 13.5. The fraction of sp³-hybridized carbons (Fsp3) is 0.250. The van der Waals surface area contributed by atoms with E-state index in [2.05, 4.69) is 9.88 Å². The van der Waals surface area contributed by atoms with Crippen molar-refractivity contribution in [3.8, 4) is 0 Å². The van der Waals surface area contributed by atoms with E-state index in [1.54, 1.807) is 18.2 Å². The van der Waals surface area contributed by atoms with Gasteiger partial charge >= 0.3 is 0 Å². The van der Waals surface area contributed by atoms with E-state index in [1.165, 1.54) is 24.0 Å². The van der Waals surface area contributed by atoms with Gasteiger partial charge in [-0.05, 0) is 60.4 Å². The maximum absolute atomic E-state index is 13.5. The Morgan fingerprint density at radius 1 is 0.962 bits per heavy atom. The molecule has 1 aliphatic rings. The van der Waals surface area contributed by atoms with Gasteiger partial charge in [0.25, 0.3) is 0 Å². The minimum Gasteiger partial charge on any atom is -0.356 e. The number of hydrogen-bond donors (Lipinski definition) is 0. The highest BCUT2D eigenvalue weighted by molar-refractivity contribution is 7.90. The minimum absolute atomic E-state index is 0.293. The third-order valence-electron chi connectivity index (χ3n) is 4.87. The number of nitrogens with zero attached hydrogens (tertiary/aromatic N) is 2. The van der Waals surface area contributed by atoms with Crippen LogP contribution in [0.3, 0.4) is 0 Å². The molecule has 0 N–H and O–H groups in total. The quantitative estimate of drug-likeness (QED) is 0.694. The van der Waals surface area contributed by atoms with Gasteiger partial charge in [-0.2, -0.15) is 0 Å². The second-order valence-electron chi connectivity index (χ2n) is 6.70. The number of fused-ring (bicyclic) bond motifs is 2. The fourth-order valence-corrected chi connectivity index (χ4v) is 4.09. The summed E-state index contributed by atoms with van der Waals surface area (Å²) >= 11 is 0. The molecule has 1 aromatic heterocycles.